The largest absolute Gasteiger partial charge is 0.472 e. The Morgan fingerprint density at radius 3 is 1.79 bits per heavy atom. The molecule has 47 heavy (non-hydrogen) atoms. The Kier molecular flexibility index (Phi) is 23.5. The van der Waals surface area contributed by atoms with Crippen LogP contribution in [-0.2, 0) is 18.4 Å². The maximum absolute atomic E-state index is 12.8. The molecule has 1 rings (SSSR count). The second-order valence-electron chi connectivity index (χ2n) is 12.9. The van der Waals surface area contributed by atoms with Gasteiger partial charge in [0.1, 0.15) is 36.6 Å². The molecule has 0 radical (unpaired) electrons. The van der Waals surface area contributed by atoms with Crippen molar-refractivity contribution in [3.05, 3.63) is 12.2 Å². The van der Waals surface area contributed by atoms with Crippen LogP contribution in [0.5, 0.6) is 0 Å². The lowest BCUT2D eigenvalue weighted by Crippen LogP contribution is -2.64. The molecule has 1 aliphatic rings. The van der Waals surface area contributed by atoms with Crippen LogP contribution < -0.4 is 5.32 Å². The minimum Gasteiger partial charge on any atom is -0.392 e. The van der Waals surface area contributed by atoms with Gasteiger partial charge in [0.15, 0.2) is 0 Å². The Labute approximate surface area is 281 Å². The van der Waals surface area contributed by atoms with Crippen LogP contribution in [0.3, 0.4) is 0 Å². The monoisotopic (exact) mass is 697 g/mol. The van der Waals surface area contributed by atoms with E-state index in [1.165, 1.54) is 38.5 Å². The summed E-state index contributed by atoms with van der Waals surface area (Å²) in [5, 5.41) is 73.7. The first-order chi connectivity index (χ1) is 22.3. The summed E-state index contributed by atoms with van der Waals surface area (Å²) in [5.74, 6) is -0.600. The van der Waals surface area contributed by atoms with Crippen molar-refractivity contribution < 1.29 is 59.0 Å². The molecule has 1 fully saturated rings. The third-order valence-electron chi connectivity index (χ3n) is 8.63. The first-order valence-corrected chi connectivity index (χ1v) is 19.2. The number of amides is 1. The zero-order valence-electron chi connectivity index (χ0n) is 28.4. The van der Waals surface area contributed by atoms with Crippen molar-refractivity contribution in [2.24, 2.45) is 0 Å². The summed E-state index contributed by atoms with van der Waals surface area (Å²) in [5.41, 5.74) is 0. The van der Waals surface area contributed by atoms with Crippen LogP contribution in [0.1, 0.15) is 129 Å². The number of aliphatic hydroxyl groups excluding tert-OH is 7. The van der Waals surface area contributed by atoms with Crippen molar-refractivity contribution in [1.82, 2.24) is 5.32 Å². The van der Waals surface area contributed by atoms with E-state index in [0.29, 0.717) is 6.42 Å². The van der Waals surface area contributed by atoms with Crippen LogP contribution in [-0.4, -0.2) is 108 Å². The van der Waals surface area contributed by atoms with Crippen molar-refractivity contribution in [3.63, 3.8) is 0 Å². The Morgan fingerprint density at radius 2 is 1.23 bits per heavy atom. The van der Waals surface area contributed by atoms with E-state index >= 15 is 0 Å². The molecule has 0 spiro atoms. The van der Waals surface area contributed by atoms with Crippen LogP contribution in [0.15, 0.2) is 12.2 Å². The fourth-order valence-electron chi connectivity index (χ4n) is 5.59. The number of unbranched alkanes of at least 4 members (excludes halogenated alkanes) is 13. The smallest absolute Gasteiger partial charge is 0.392 e. The van der Waals surface area contributed by atoms with Gasteiger partial charge in [-0.3, -0.25) is 13.8 Å². The van der Waals surface area contributed by atoms with Crippen molar-refractivity contribution >= 4 is 13.7 Å². The number of phosphoric ester groups is 1. The third-order valence-corrected chi connectivity index (χ3v) is 9.61. The highest BCUT2D eigenvalue weighted by Crippen LogP contribution is 2.47. The number of carbonyl (C=O) groups is 1. The summed E-state index contributed by atoms with van der Waals surface area (Å²) in [7, 11) is -5.10. The summed E-state index contributed by atoms with van der Waals surface area (Å²) in [6.07, 6.45) is 6.27. The van der Waals surface area contributed by atoms with Gasteiger partial charge < -0.3 is 46.0 Å². The third kappa shape index (κ3) is 18.6. The van der Waals surface area contributed by atoms with Gasteiger partial charge in [0.25, 0.3) is 0 Å². The van der Waals surface area contributed by atoms with E-state index in [9.17, 15) is 50.0 Å². The molecule has 0 saturated heterocycles. The van der Waals surface area contributed by atoms with E-state index in [-0.39, 0.29) is 19.3 Å². The minimum absolute atomic E-state index is 0.265. The topological polar surface area (TPSA) is 226 Å². The van der Waals surface area contributed by atoms with E-state index in [2.05, 4.69) is 19.2 Å². The van der Waals surface area contributed by atoms with E-state index in [1.54, 1.807) is 0 Å². The van der Waals surface area contributed by atoms with E-state index in [4.69, 9.17) is 9.05 Å². The Balaban J connectivity index is 2.72. The van der Waals surface area contributed by atoms with Crippen molar-refractivity contribution in [3.8, 4) is 0 Å². The molecule has 1 aliphatic carbocycles. The summed E-state index contributed by atoms with van der Waals surface area (Å²) in [6, 6.07) is -1.16. The van der Waals surface area contributed by atoms with Gasteiger partial charge in [-0.2, -0.15) is 0 Å². The summed E-state index contributed by atoms with van der Waals surface area (Å²) in [4.78, 5) is 23.1. The molecule has 0 aromatic rings. The fourth-order valence-corrected chi connectivity index (χ4v) is 6.56. The van der Waals surface area contributed by atoms with E-state index in [1.807, 2.05) is 12.2 Å². The number of nitrogens with one attached hydrogen (secondary N) is 1. The molecule has 278 valence electrons. The van der Waals surface area contributed by atoms with Gasteiger partial charge in [-0.1, -0.05) is 109 Å². The predicted molar refractivity (Wildman–Crippen MR) is 178 cm³/mol. The highest BCUT2D eigenvalue weighted by molar-refractivity contribution is 7.47. The molecule has 0 aliphatic heterocycles. The van der Waals surface area contributed by atoms with Crippen molar-refractivity contribution in [2.45, 2.75) is 184 Å². The van der Waals surface area contributed by atoms with Gasteiger partial charge in [-0.05, 0) is 25.7 Å². The lowest BCUT2D eigenvalue weighted by Gasteiger charge is -2.41. The Morgan fingerprint density at radius 1 is 0.745 bits per heavy atom. The zero-order valence-corrected chi connectivity index (χ0v) is 29.3. The lowest BCUT2D eigenvalue weighted by molar-refractivity contribution is -0.220. The van der Waals surface area contributed by atoms with Crippen molar-refractivity contribution in [1.29, 1.82) is 0 Å². The molecule has 0 bridgehead atoms. The van der Waals surface area contributed by atoms with E-state index in [0.717, 1.165) is 51.4 Å². The van der Waals surface area contributed by atoms with Gasteiger partial charge in [-0.15, -0.1) is 0 Å². The molecular weight excluding hydrogens is 633 g/mol. The number of allylic oxidation sites excluding steroid dienone is 1. The molecule has 0 heterocycles. The zero-order chi connectivity index (χ0) is 35.2. The number of hydrogen-bond acceptors (Lipinski definition) is 11. The first kappa shape index (κ1) is 44.1. The predicted octanol–water partition coefficient (Wildman–Crippen LogP) is 3.13. The summed E-state index contributed by atoms with van der Waals surface area (Å²) < 4.78 is 22.6. The number of phosphoric acid groups is 1. The molecule has 8 atom stereocenters. The summed E-state index contributed by atoms with van der Waals surface area (Å²) in [6.45, 7) is 3.63. The van der Waals surface area contributed by atoms with Gasteiger partial charge in [0.2, 0.25) is 5.91 Å². The fraction of sp³-hybridized carbons (Fsp3) is 0.909. The second-order valence-corrected chi connectivity index (χ2v) is 14.3. The molecule has 1 saturated carbocycles. The van der Waals surface area contributed by atoms with Crippen LogP contribution >= 0.6 is 7.82 Å². The average molecular weight is 698 g/mol. The summed E-state index contributed by atoms with van der Waals surface area (Å²) >= 11 is 0. The molecule has 9 N–H and O–H groups in total. The molecule has 0 aromatic carbocycles. The molecular formula is C33H64NO12P. The maximum atomic E-state index is 12.8. The van der Waals surface area contributed by atoms with Crippen LogP contribution in [0.2, 0.25) is 0 Å². The van der Waals surface area contributed by atoms with Crippen LogP contribution in [0.25, 0.3) is 0 Å². The average Bonchev–Trinajstić information content (AvgIpc) is 3.03. The molecule has 1 amide bonds. The van der Waals surface area contributed by atoms with Gasteiger partial charge in [0, 0.05) is 0 Å². The maximum Gasteiger partial charge on any atom is 0.472 e. The number of hydrogen-bond donors (Lipinski definition) is 9. The van der Waals surface area contributed by atoms with Crippen molar-refractivity contribution in [2.75, 3.05) is 6.61 Å². The van der Waals surface area contributed by atoms with E-state index < -0.39 is 75.2 Å². The number of rotatable bonds is 27. The Bertz CT molecular complexity index is 880. The van der Waals surface area contributed by atoms with Gasteiger partial charge in [-0.25, -0.2) is 4.57 Å². The highest BCUT2D eigenvalue weighted by atomic mass is 31.2. The van der Waals surface area contributed by atoms with Crippen LogP contribution in [0.4, 0.5) is 0 Å². The minimum atomic E-state index is -5.10. The Hall–Kier alpha value is -0.960. The molecule has 13 nitrogen and oxygen atoms in total. The SMILES string of the molecule is CCCCCC/C=C\CC(O)CC(=O)NC(COP(=O)(O)OC1C(O)C(O)C(O)C(O)C1O)C(O)CCCCCCCCCCCC. The molecule has 8 unspecified atom stereocenters. The van der Waals surface area contributed by atoms with Gasteiger partial charge >= 0.3 is 7.82 Å². The second kappa shape index (κ2) is 25.1. The molecule has 14 heteroatoms. The normalized spacial score (nSPS) is 26.6. The highest BCUT2D eigenvalue weighted by Gasteiger charge is 2.51. The van der Waals surface area contributed by atoms with Crippen LogP contribution in [0, 0.1) is 0 Å². The lowest BCUT2D eigenvalue weighted by atomic mass is 9.85. The van der Waals surface area contributed by atoms with Gasteiger partial charge in [0.05, 0.1) is 31.3 Å². The standard InChI is InChI=1S/C33H64NO12P/c1-3-5-7-9-11-12-13-15-17-19-21-26(36)25(34-27(37)22-24(35)20-18-16-14-10-8-6-4-2)23-45-47(43,44)46-33-31(41)29(39)28(38)30(40)32(33)42/h16,18,24-26,28-33,35-36,38-42H,3-15,17,19-23H2,1-2H3,(H,34,37)(H,43,44)/b18-16-. The molecule has 0 aromatic heterocycles. The first-order valence-electron chi connectivity index (χ1n) is 17.7. The quantitative estimate of drug-likeness (QED) is 0.0343. The number of aliphatic hydroxyl groups is 7. The number of carbonyl (C=O) groups excluding carboxylic acids is 1.